The van der Waals surface area contributed by atoms with Gasteiger partial charge in [0, 0.05) is 23.6 Å². The molecule has 28 heavy (non-hydrogen) atoms. The maximum absolute atomic E-state index is 13.4. The molecular weight excluding hydrogens is 372 g/mol. The first-order chi connectivity index (χ1) is 13.4. The van der Waals surface area contributed by atoms with Crippen LogP contribution in [0.25, 0.3) is 22.1 Å². The normalized spacial score (nSPS) is 12.0. The lowest BCUT2D eigenvalue weighted by molar-refractivity contribution is -0.124. The molecule has 1 aromatic heterocycles. The summed E-state index contributed by atoms with van der Waals surface area (Å²) in [5, 5.41) is 12.0. The van der Waals surface area contributed by atoms with Crippen LogP contribution in [0.15, 0.2) is 51.7 Å². The molecule has 0 saturated heterocycles. The van der Waals surface area contributed by atoms with Crippen molar-refractivity contribution in [2.45, 2.75) is 13.0 Å². The Kier molecular flexibility index (Phi) is 5.70. The maximum atomic E-state index is 13.4. The monoisotopic (exact) mass is 389 g/mol. The van der Waals surface area contributed by atoms with E-state index >= 15 is 0 Å². The molecule has 2 aromatic carbocycles. The number of hydrogen-bond donors (Lipinski definition) is 2. The Morgan fingerprint density at radius 3 is 2.57 bits per heavy atom. The van der Waals surface area contributed by atoms with Crippen LogP contribution >= 0.6 is 0 Å². The Morgan fingerprint density at radius 1 is 1.18 bits per heavy atom. The summed E-state index contributed by atoms with van der Waals surface area (Å²) >= 11 is 0. The van der Waals surface area contributed by atoms with Crippen molar-refractivity contribution in [3.05, 3.63) is 64.5 Å². The molecule has 6 nitrogen and oxygen atoms in total. The summed E-state index contributed by atoms with van der Waals surface area (Å²) < 4.78 is 37.5. The van der Waals surface area contributed by atoms with Crippen molar-refractivity contribution in [3.8, 4) is 16.9 Å². The van der Waals surface area contributed by atoms with Crippen LogP contribution in [0.2, 0.25) is 0 Å². The zero-order chi connectivity index (χ0) is 20.3. The number of amides is 1. The second-order valence-corrected chi connectivity index (χ2v) is 6.25. The maximum Gasteiger partial charge on any atom is 0.344 e. The molecule has 0 unspecified atom stereocenters. The van der Waals surface area contributed by atoms with E-state index in [4.69, 9.17) is 14.3 Å². The molecule has 1 heterocycles. The average Bonchev–Trinajstić information content (AvgIpc) is 2.64. The third-order valence-electron chi connectivity index (χ3n) is 3.93. The van der Waals surface area contributed by atoms with Crippen molar-refractivity contribution in [2.24, 2.45) is 0 Å². The van der Waals surface area contributed by atoms with Gasteiger partial charge in [0.15, 0.2) is 6.61 Å². The second-order valence-electron chi connectivity index (χ2n) is 6.25. The standard InChI is InChI=1S/C20H17F2NO5/c1-11(9-24)23-19(25)10-27-16-3-2-12-6-17(20(26)28-18(12)8-16)13-4-14(21)7-15(22)5-13/h2-8,11,24H,9-10H2,1H3,(H,23,25)/t11-/m1/s1. The van der Waals surface area contributed by atoms with Gasteiger partial charge in [0.25, 0.3) is 5.91 Å². The van der Waals surface area contributed by atoms with E-state index in [1.807, 2.05) is 0 Å². The van der Waals surface area contributed by atoms with Crippen molar-refractivity contribution in [3.63, 3.8) is 0 Å². The number of fused-ring (bicyclic) bond motifs is 1. The van der Waals surface area contributed by atoms with Crippen LogP contribution in [-0.2, 0) is 4.79 Å². The topological polar surface area (TPSA) is 88.8 Å². The largest absolute Gasteiger partial charge is 0.484 e. The van der Waals surface area contributed by atoms with E-state index < -0.39 is 29.2 Å². The SMILES string of the molecule is C[C@H](CO)NC(=O)COc1ccc2cc(-c3cc(F)cc(F)c3)c(=O)oc2c1. The highest BCUT2D eigenvalue weighted by Crippen LogP contribution is 2.25. The first-order valence-corrected chi connectivity index (χ1v) is 8.43. The Hall–Kier alpha value is -3.26. The lowest BCUT2D eigenvalue weighted by Gasteiger charge is -2.11. The third-order valence-corrected chi connectivity index (χ3v) is 3.93. The molecule has 2 N–H and O–H groups in total. The van der Waals surface area contributed by atoms with Gasteiger partial charge in [-0.15, -0.1) is 0 Å². The van der Waals surface area contributed by atoms with Crippen molar-refractivity contribution < 1.29 is 27.8 Å². The van der Waals surface area contributed by atoms with Crippen LogP contribution in [0.1, 0.15) is 6.92 Å². The van der Waals surface area contributed by atoms with Gasteiger partial charge in [0.2, 0.25) is 0 Å². The predicted octanol–water partition coefficient (Wildman–Crippen LogP) is 2.61. The number of aliphatic hydroxyl groups is 1. The summed E-state index contributed by atoms with van der Waals surface area (Å²) in [6.45, 7) is 1.18. The predicted molar refractivity (Wildman–Crippen MR) is 98.0 cm³/mol. The fourth-order valence-corrected chi connectivity index (χ4v) is 2.60. The van der Waals surface area contributed by atoms with E-state index in [0.29, 0.717) is 17.2 Å². The number of hydrogen-bond acceptors (Lipinski definition) is 5. The van der Waals surface area contributed by atoms with Gasteiger partial charge in [0.05, 0.1) is 12.2 Å². The molecule has 1 atom stereocenters. The van der Waals surface area contributed by atoms with Crippen molar-refractivity contribution in [1.29, 1.82) is 0 Å². The molecule has 3 aromatic rings. The highest BCUT2D eigenvalue weighted by Gasteiger charge is 2.12. The smallest absolute Gasteiger partial charge is 0.344 e. The van der Waals surface area contributed by atoms with Crippen LogP contribution in [-0.4, -0.2) is 30.3 Å². The van der Waals surface area contributed by atoms with Gasteiger partial charge in [0.1, 0.15) is 23.0 Å². The fraction of sp³-hybridized carbons (Fsp3) is 0.200. The van der Waals surface area contributed by atoms with Crippen LogP contribution < -0.4 is 15.7 Å². The molecule has 1 amide bonds. The first kappa shape index (κ1) is 19.5. The molecular formula is C20H17F2NO5. The second kappa shape index (κ2) is 8.18. The van der Waals surface area contributed by atoms with Crippen LogP contribution in [0.3, 0.4) is 0 Å². The van der Waals surface area contributed by atoms with Gasteiger partial charge in [-0.25, -0.2) is 13.6 Å². The molecule has 146 valence electrons. The minimum absolute atomic E-state index is 0.0249. The molecule has 0 saturated carbocycles. The zero-order valence-electron chi connectivity index (χ0n) is 14.9. The number of nitrogens with one attached hydrogen (secondary N) is 1. The van der Waals surface area contributed by atoms with Crippen LogP contribution in [0.4, 0.5) is 8.78 Å². The number of ether oxygens (including phenoxy) is 1. The lowest BCUT2D eigenvalue weighted by atomic mass is 10.1. The highest BCUT2D eigenvalue weighted by molar-refractivity contribution is 5.83. The number of carbonyl (C=O) groups is 1. The first-order valence-electron chi connectivity index (χ1n) is 8.43. The molecule has 0 radical (unpaired) electrons. The van der Waals surface area contributed by atoms with Gasteiger partial charge in [-0.2, -0.15) is 0 Å². The highest BCUT2D eigenvalue weighted by atomic mass is 19.1. The van der Waals surface area contributed by atoms with E-state index in [0.717, 1.165) is 12.1 Å². The van der Waals surface area contributed by atoms with Crippen LogP contribution in [0.5, 0.6) is 5.75 Å². The molecule has 0 aliphatic heterocycles. The molecule has 3 rings (SSSR count). The van der Waals surface area contributed by atoms with E-state index in [9.17, 15) is 18.4 Å². The number of rotatable bonds is 6. The molecule has 0 spiro atoms. The zero-order valence-corrected chi connectivity index (χ0v) is 14.9. The molecule has 0 aliphatic rings. The van der Waals surface area contributed by atoms with E-state index in [2.05, 4.69) is 5.32 Å². The molecule has 8 heteroatoms. The summed E-state index contributed by atoms with van der Waals surface area (Å²) in [4.78, 5) is 23.9. The third kappa shape index (κ3) is 4.52. The Bertz CT molecular complexity index is 1060. The van der Waals surface area contributed by atoms with E-state index in [-0.39, 0.29) is 29.9 Å². The number of halogens is 2. The fourth-order valence-electron chi connectivity index (χ4n) is 2.60. The quantitative estimate of drug-likeness (QED) is 0.633. The Balaban J connectivity index is 1.84. The minimum Gasteiger partial charge on any atom is -0.484 e. The number of aliphatic hydroxyl groups excluding tert-OH is 1. The Labute approximate surface area is 158 Å². The van der Waals surface area contributed by atoms with Crippen molar-refractivity contribution >= 4 is 16.9 Å². The van der Waals surface area contributed by atoms with Crippen LogP contribution in [0, 0.1) is 11.6 Å². The van der Waals surface area contributed by atoms with Gasteiger partial charge in [-0.05, 0) is 42.8 Å². The molecule has 0 bridgehead atoms. The van der Waals surface area contributed by atoms with Gasteiger partial charge >= 0.3 is 5.63 Å². The minimum atomic E-state index is -0.799. The number of carbonyl (C=O) groups excluding carboxylic acids is 1. The molecule has 0 fully saturated rings. The van der Waals surface area contributed by atoms with Crippen molar-refractivity contribution in [2.75, 3.05) is 13.2 Å². The van der Waals surface area contributed by atoms with Gasteiger partial charge < -0.3 is 19.6 Å². The Morgan fingerprint density at radius 2 is 1.89 bits per heavy atom. The summed E-state index contributed by atoms with van der Waals surface area (Å²) in [5.41, 5.74) is -0.462. The van der Waals surface area contributed by atoms with Gasteiger partial charge in [-0.1, -0.05) is 0 Å². The van der Waals surface area contributed by atoms with Gasteiger partial charge in [-0.3, -0.25) is 4.79 Å². The summed E-state index contributed by atoms with van der Waals surface area (Å²) in [6, 6.07) is 8.49. The summed E-state index contributed by atoms with van der Waals surface area (Å²) in [7, 11) is 0. The molecule has 0 aliphatic carbocycles. The lowest BCUT2D eigenvalue weighted by Crippen LogP contribution is -2.38. The summed E-state index contributed by atoms with van der Waals surface area (Å²) in [5.74, 6) is -1.71. The average molecular weight is 389 g/mol. The number of benzene rings is 2. The van der Waals surface area contributed by atoms with Crippen molar-refractivity contribution in [1.82, 2.24) is 5.32 Å². The summed E-state index contributed by atoms with van der Waals surface area (Å²) in [6.07, 6.45) is 0. The van der Waals surface area contributed by atoms with E-state index in [1.54, 1.807) is 19.1 Å². The van der Waals surface area contributed by atoms with E-state index in [1.165, 1.54) is 12.1 Å².